The number of para-hydroxylation sites is 1. The summed E-state index contributed by atoms with van der Waals surface area (Å²) in [5.74, 6) is 1.02. The number of aromatic nitrogens is 1. The van der Waals surface area contributed by atoms with Crippen molar-refractivity contribution in [1.82, 2.24) is 10.3 Å². The molecule has 0 spiro atoms. The Labute approximate surface area is 266 Å². The summed E-state index contributed by atoms with van der Waals surface area (Å²) in [6.07, 6.45) is 1.61. The van der Waals surface area contributed by atoms with E-state index in [2.05, 4.69) is 28.4 Å². The fraction of sp³-hybridized carbons (Fsp3) is 0.214. The van der Waals surface area contributed by atoms with E-state index in [1.807, 2.05) is 60.7 Å². The second-order valence-electron chi connectivity index (χ2n) is 7.48. The molecule has 0 aliphatic rings. The van der Waals surface area contributed by atoms with E-state index >= 15 is 0 Å². The molecule has 6 N–H and O–H groups in total. The van der Waals surface area contributed by atoms with Crippen molar-refractivity contribution in [2.45, 2.75) is 20.0 Å². The zero-order valence-electron chi connectivity index (χ0n) is 22.1. The first-order chi connectivity index (χ1) is 18.1. The van der Waals surface area contributed by atoms with Crippen LogP contribution in [0, 0.1) is 0 Å². The molecule has 0 radical (unpaired) electrons. The molecular weight excluding hydrogens is 509 g/mol. The molecule has 0 atom stereocenters. The summed E-state index contributed by atoms with van der Waals surface area (Å²) in [5.41, 5.74) is 17.1. The second kappa shape index (κ2) is 19.4. The van der Waals surface area contributed by atoms with Crippen molar-refractivity contribution in [3.63, 3.8) is 0 Å². The Balaban J connectivity index is 0.000000711. The number of fused-ring (bicyclic) bond motifs is 1. The molecule has 10 heteroatoms. The third-order valence-corrected chi connectivity index (χ3v) is 4.94. The summed E-state index contributed by atoms with van der Waals surface area (Å²) in [7, 11) is 1.50. The van der Waals surface area contributed by atoms with Gasteiger partial charge in [-0.05, 0) is 55.4 Å². The summed E-state index contributed by atoms with van der Waals surface area (Å²) in [4.78, 5) is 19.4. The number of benzene rings is 3. The van der Waals surface area contributed by atoms with Gasteiger partial charge in [-0.2, -0.15) is 0 Å². The summed E-state index contributed by atoms with van der Waals surface area (Å²) >= 11 is 0. The fourth-order valence-corrected chi connectivity index (χ4v) is 3.05. The van der Waals surface area contributed by atoms with Crippen LogP contribution >= 0.6 is 0 Å². The van der Waals surface area contributed by atoms with E-state index in [4.69, 9.17) is 15.3 Å². The number of aryl methyl sites for hydroxylation is 1. The average Bonchev–Trinajstić information content (AvgIpc) is 2.96. The van der Waals surface area contributed by atoms with E-state index in [1.165, 1.54) is 18.7 Å². The number of nitrogens with one attached hydrogen (secondary N) is 1. The molecule has 9 nitrogen and oxygen atoms in total. The van der Waals surface area contributed by atoms with Crippen LogP contribution in [-0.4, -0.2) is 36.6 Å². The zero-order valence-corrected chi connectivity index (χ0v) is 25.3. The van der Waals surface area contributed by atoms with E-state index in [-0.39, 0.29) is 63.7 Å². The molecular formula is C28H34KN5O4. The number of hydrogen-bond donors (Lipinski definition) is 4. The zero-order chi connectivity index (χ0) is 26.9. The molecule has 0 saturated carbocycles. The number of amides is 1. The summed E-state index contributed by atoms with van der Waals surface area (Å²) in [6.45, 7) is 3.43. The van der Waals surface area contributed by atoms with Gasteiger partial charge in [-0.25, -0.2) is 4.98 Å². The third-order valence-electron chi connectivity index (χ3n) is 4.94. The van der Waals surface area contributed by atoms with Crippen LogP contribution in [0.1, 0.15) is 18.2 Å². The van der Waals surface area contributed by atoms with Gasteiger partial charge in [0.15, 0.2) is 11.5 Å². The van der Waals surface area contributed by atoms with Gasteiger partial charge in [-0.1, -0.05) is 49.4 Å². The first-order valence-corrected chi connectivity index (χ1v) is 11.8. The van der Waals surface area contributed by atoms with Crippen molar-refractivity contribution in [1.29, 1.82) is 0 Å². The van der Waals surface area contributed by atoms with Crippen molar-refractivity contribution < 1.29 is 70.9 Å². The molecule has 38 heavy (non-hydrogen) atoms. The standard InChI is InChI=1S/C24H21N2O3.C3H8N2O.CH5N.K/c1-2-17-7-12-21(13-8-17)29-26-19-11-14-23(27)24(15-19)28-16-20-10-9-18-5-3-4-6-22(18)25-20;4-1-2-5-3-6;1-2;/h3-15,27H,2,16H2,1H3;3H,1-2,4H2,(H,5,6);2H2,1H3;/q-1;;;+1. The molecule has 1 amide bonds. The summed E-state index contributed by atoms with van der Waals surface area (Å²) in [6, 6.07) is 24.4. The molecule has 0 aliphatic carbocycles. The van der Waals surface area contributed by atoms with Gasteiger partial charge in [0.05, 0.1) is 11.2 Å². The van der Waals surface area contributed by atoms with Crippen LogP contribution < -0.4 is 77.7 Å². The van der Waals surface area contributed by atoms with Crippen LogP contribution in [0.15, 0.2) is 78.9 Å². The number of ether oxygens (including phenoxy) is 1. The maximum Gasteiger partial charge on any atom is 1.00 e. The number of nitrogens with two attached hydrogens (primary N) is 2. The first-order valence-electron chi connectivity index (χ1n) is 11.8. The van der Waals surface area contributed by atoms with Crippen LogP contribution in [0.5, 0.6) is 17.2 Å². The normalized spacial score (nSPS) is 9.47. The minimum absolute atomic E-state index is 0. The van der Waals surface area contributed by atoms with Crippen molar-refractivity contribution in [2.24, 2.45) is 11.5 Å². The third kappa shape index (κ3) is 11.4. The smallest absolute Gasteiger partial charge is 0.557 e. The number of phenolic OH excluding ortho intramolecular Hbond substituents is 1. The van der Waals surface area contributed by atoms with E-state index < -0.39 is 0 Å². The Kier molecular flexibility index (Phi) is 17.0. The number of phenols is 1. The topological polar surface area (TPSA) is 147 Å². The molecule has 1 heterocycles. The predicted molar refractivity (Wildman–Crippen MR) is 147 cm³/mol. The van der Waals surface area contributed by atoms with Crippen LogP contribution in [0.4, 0.5) is 5.69 Å². The van der Waals surface area contributed by atoms with Gasteiger partial charge >= 0.3 is 51.4 Å². The van der Waals surface area contributed by atoms with E-state index in [0.29, 0.717) is 36.7 Å². The van der Waals surface area contributed by atoms with Gasteiger partial charge in [0.2, 0.25) is 6.41 Å². The van der Waals surface area contributed by atoms with E-state index in [9.17, 15) is 9.90 Å². The maximum absolute atomic E-state index is 10.1. The summed E-state index contributed by atoms with van der Waals surface area (Å²) < 4.78 is 5.77. The molecule has 4 rings (SSSR count). The number of pyridine rings is 1. The Bertz CT molecular complexity index is 1230. The molecule has 196 valence electrons. The molecule has 3 aromatic carbocycles. The van der Waals surface area contributed by atoms with Crippen LogP contribution in [-0.2, 0) is 17.8 Å². The number of rotatable bonds is 10. The number of hydrogen-bond acceptors (Lipinski definition) is 7. The average molecular weight is 544 g/mol. The Morgan fingerprint density at radius 2 is 1.76 bits per heavy atom. The number of carbonyl (C=O) groups is 1. The molecule has 1 aromatic heterocycles. The minimum Gasteiger partial charge on any atom is -0.557 e. The first kappa shape index (κ1) is 33.3. The molecule has 0 aliphatic heterocycles. The van der Waals surface area contributed by atoms with Crippen LogP contribution in [0.25, 0.3) is 16.4 Å². The monoisotopic (exact) mass is 543 g/mol. The van der Waals surface area contributed by atoms with Gasteiger partial charge in [0.25, 0.3) is 0 Å². The van der Waals surface area contributed by atoms with Crippen molar-refractivity contribution in [3.05, 3.63) is 95.6 Å². The summed E-state index contributed by atoms with van der Waals surface area (Å²) in [5, 5.41) is 13.6. The Morgan fingerprint density at radius 1 is 1.03 bits per heavy atom. The van der Waals surface area contributed by atoms with Crippen LogP contribution in [0.2, 0.25) is 0 Å². The van der Waals surface area contributed by atoms with Crippen molar-refractivity contribution >= 4 is 23.0 Å². The molecule has 0 bridgehead atoms. The largest absolute Gasteiger partial charge is 1.00 e. The second-order valence-corrected chi connectivity index (χ2v) is 7.48. The van der Waals surface area contributed by atoms with Gasteiger partial charge in [-0.3, -0.25) is 4.79 Å². The van der Waals surface area contributed by atoms with Gasteiger partial charge in [0.1, 0.15) is 12.4 Å². The molecule has 0 fully saturated rings. The quantitative estimate of drug-likeness (QED) is 0.102. The number of nitrogens with zero attached hydrogens (tertiary/aromatic N) is 2. The SMILES string of the molecule is CCc1ccc(O[N-]c2ccc(O)c(OCc3ccc4ccccc4n3)c2)cc1.CN.NCCNC=O.[K+]. The van der Waals surface area contributed by atoms with Gasteiger partial charge < -0.3 is 36.9 Å². The van der Waals surface area contributed by atoms with Crippen molar-refractivity contribution in [2.75, 3.05) is 20.1 Å². The molecule has 4 aromatic rings. The van der Waals surface area contributed by atoms with E-state index in [1.54, 1.807) is 12.1 Å². The van der Waals surface area contributed by atoms with Crippen molar-refractivity contribution in [3.8, 4) is 17.2 Å². The Hall–Kier alpha value is -2.70. The predicted octanol–water partition coefficient (Wildman–Crippen LogP) is 1.35. The molecule has 0 unspecified atom stereocenters. The molecule has 0 saturated heterocycles. The maximum atomic E-state index is 10.1. The minimum atomic E-state index is 0. The number of aromatic hydroxyl groups is 1. The van der Waals surface area contributed by atoms with Gasteiger partial charge in [0, 0.05) is 18.5 Å². The van der Waals surface area contributed by atoms with Crippen LogP contribution in [0.3, 0.4) is 0 Å². The van der Waals surface area contributed by atoms with Gasteiger partial charge in [-0.15, -0.1) is 5.69 Å². The fourth-order valence-electron chi connectivity index (χ4n) is 3.05. The number of carbonyl (C=O) groups excluding carboxylic acids is 1. The van der Waals surface area contributed by atoms with E-state index in [0.717, 1.165) is 23.0 Å². The Morgan fingerprint density at radius 3 is 2.42 bits per heavy atom.